The van der Waals surface area contributed by atoms with Gasteiger partial charge in [-0.1, -0.05) is 37.3 Å². The molecular formula is C15H21NO4. The number of hydrogen-bond donors (Lipinski definition) is 2. The maximum atomic E-state index is 11.9. The van der Waals surface area contributed by atoms with E-state index in [9.17, 15) is 14.7 Å². The molecule has 0 aliphatic carbocycles. The number of rotatable bonds is 4. The fourth-order valence-corrected chi connectivity index (χ4v) is 1.89. The first-order valence-electron chi connectivity index (χ1n) is 6.51. The summed E-state index contributed by atoms with van der Waals surface area (Å²) in [6, 6.07) is 8.61. The van der Waals surface area contributed by atoms with E-state index in [4.69, 9.17) is 4.74 Å². The van der Waals surface area contributed by atoms with Crippen LogP contribution in [0.5, 0.6) is 0 Å². The molecule has 0 saturated heterocycles. The zero-order valence-corrected chi connectivity index (χ0v) is 12.3. The van der Waals surface area contributed by atoms with Gasteiger partial charge in [-0.15, -0.1) is 0 Å². The van der Waals surface area contributed by atoms with Gasteiger partial charge in [-0.2, -0.15) is 0 Å². The summed E-state index contributed by atoms with van der Waals surface area (Å²) in [6.45, 7) is 6.88. The molecule has 20 heavy (non-hydrogen) atoms. The van der Waals surface area contributed by atoms with Gasteiger partial charge in [0.1, 0.15) is 5.60 Å². The molecule has 0 heterocycles. The molecule has 0 bridgehead atoms. The van der Waals surface area contributed by atoms with Crippen molar-refractivity contribution in [3.63, 3.8) is 0 Å². The van der Waals surface area contributed by atoms with Crippen LogP contribution in [-0.4, -0.2) is 22.8 Å². The van der Waals surface area contributed by atoms with Gasteiger partial charge in [-0.3, -0.25) is 0 Å². The van der Waals surface area contributed by atoms with Crippen molar-refractivity contribution in [2.24, 2.45) is 0 Å². The predicted molar refractivity (Wildman–Crippen MR) is 75.4 cm³/mol. The molecule has 1 atom stereocenters. The number of ether oxygens (including phenoxy) is 1. The average molecular weight is 279 g/mol. The topological polar surface area (TPSA) is 75.6 Å². The van der Waals surface area contributed by atoms with Crippen molar-refractivity contribution >= 4 is 12.1 Å². The first-order chi connectivity index (χ1) is 9.21. The number of aliphatic carboxylic acids is 1. The first-order valence-corrected chi connectivity index (χ1v) is 6.51. The van der Waals surface area contributed by atoms with E-state index in [0.717, 1.165) is 0 Å². The second-order valence-electron chi connectivity index (χ2n) is 5.56. The summed E-state index contributed by atoms with van der Waals surface area (Å²) in [6.07, 6.45) is -0.531. The molecule has 2 N–H and O–H groups in total. The molecule has 0 saturated carbocycles. The van der Waals surface area contributed by atoms with Crippen LogP contribution in [0.4, 0.5) is 4.79 Å². The zero-order valence-electron chi connectivity index (χ0n) is 12.3. The standard InChI is InChI=1S/C15H21NO4/c1-5-15(12(17)18,11-9-7-6-8-10-11)16-13(19)20-14(2,3)4/h6-10H,5H2,1-4H3,(H,16,19)(H,17,18). The zero-order chi connectivity index (χ0) is 15.4. The number of nitrogens with one attached hydrogen (secondary N) is 1. The van der Waals surface area contributed by atoms with E-state index in [1.807, 2.05) is 0 Å². The number of hydrogen-bond acceptors (Lipinski definition) is 3. The highest BCUT2D eigenvalue weighted by atomic mass is 16.6. The average Bonchev–Trinajstić information content (AvgIpc) is 2.34. The number of benzene rings is 1. The lowest BCUT2D eigenvalue weighted by atomic mass is 9.87. The summed E-state index contributed by atoms with van der Waals surface area (Å²) in [5, 5.41) is 12.0. The molecule has 0 radical (unpaired) electrons. The molecule has 1 aromatic rings. The van der Waals surface area contributed by atoms with Crippen LogP contribution >= 0.6 is 0 Å². The molecule has 0 fully saturated rings. The molecular weight excluding hydrogens is 258 g/mol. The second kappa shape index (κ2) is 5.94. The van der Waals surface area contributed by atoms with Gasteiger partial charge in [0.15, 0.2) is 5.54 Å². The quantitative estimate of drug-likeness (QED) is 0.888. The van der Waals surface area contributed by atoms with Crippen LogP contribution in [0.15, 0.2) is 30.3 Å². The lowest BCUT2D eigenvalue weighted by Gasteiger charge is -2.31. The first kappa shape index (κ1) is 16.0. The van der Waals surface area contributed by atoms with Gasteiger partial charge < -0.3 is 15.2 Å². The molecule has 1 aromatic carbocycles. The Bertz CT molecular complexity index is 478. The number of carbonyl (C=O) groups is 2. The molecule has 5 nitrogen and oxygen atoms in total. The van der Waals surface area contributed by atoms with E-state index in [-0.39, 0.29) is 6.42 Å². The van der Waals surface area contributed by atoms with E-state index >= 15 is 0 Å². The van der Waals surface area contributed by atoms with E-state index in [0.29, 0.717) is 5.56 Å². The predicted octanol–water partition coefficient (Wildman–Crippen LogP) is 2.90. The maximum Gasteiger partial charge on any atom is 0.408 e. The summed E-state index contributed by atoms with van der Waals surface area (Å²) in [7, 11) is 0. The maximum absolute atomic E-state index is 11.9. The summed E-state index contributed by atoms with van der Waals surface area (Å²) in [4.78, 5) is 23.6. The molecule has 1 unspecified atom stereocenters. The highest BCUT2D eigenvalue weighted by Gasteiger charge is 2.41. The molecule has 0 aliphatic heterocycles. The minimum absolute atomic E-state index is 0.214. The Morgan fingerprint density at radius 2 is 1.75 bits per heavy atom. The fourth-order valence-electron chi connectivity index (χ4n) is 1.89. The Morgan fingerprint density at radius 3 is 2.15 bits per heavy atom. The van der Waals surface area contributed by atoms with E-state index in [2.05, 4.69) is 5.32 Å². The van der Waals surface area contributed by atoms with Crippen LogP contribution in [0.2, 0.25) is 0 Å². The smallest absolute Gasteiger partial charge is 0.408 e. The number of amides is 1. The van der Waals surface area contributed by atoms with Crippen LogP contribution in [0, 0.1) is 0 Å². The summed E-state index contributed by atoms with van der Waals surface area (Å²) < 4.78 is 5.15. The molecule has 1 rings (SSSR count). The van der Waals surface area contributed by atoms with Crippen LogP contribution < -0.4 is 5.32 Å². The van der Waals surface area contributed by atoms with Crippen molar-refractivity contribution in [3.8, 4) is 0 Å². The van der Waals surface area contributed by atoms with Gasteiger partial charge in [-0.05, 0) is 32.8 Å². The number of carbonyl (C=O) groups excluding carboxylic acids is 1. The molecule has 1 amide bonds. The number of carboxylic acid groups (broad SMARTS) is 1. The van der Waals surface area contributed by atoms with Crippen molar-refractivity contribution in [1.29, 1.82) is 0 Å². The van der Waals surface area contributed by atoms with Crippen LogP contribution in [0.25, 0.3) is 0 Å². The molecule has 110 valence electrons. The Balaban J connectivity index is 3.08. The largest absolute Gasteiger partial charge is 0.479 e. The SMILES string of the molecule is CCC(NC(=O)OC(C)(C)C)(C(=O)O)c1ccccc1. The number of alkyl carbamates (subject to hydrolysis) is 1. The molecule has 0 aromatic heterocycles. The normalized spacial score (nSPS) is 14.2. The van der Waals surface area contributed by atoms with Crippen molar-refractivity contribution in [1.82, 2.24) is 5.32 Å². The van der Waals surface area contributed by atoms with Gasteiger partial charge in [-0.25, -0.2) is 9.59 Å². The summed E-state index contributed by atoms with van der Waals surface area (Å²) in [5.74, 6) is -1.11. The number of carboxylic acids is 1. The summed E-state index contributed by atoms with van der Waals surface area (Å²) >= 11 is 0. The third kappa shape index (κ3) is 3.73. The van der Waals surface area contributed by atoms with E-state index in [1.165, 1.54) is 0 Å². The second-order valence-corrected chi connectivity index (χ2v) is 5.56. The van der Waals surface area contributed by atoms with Crippen molar-refractivity contribution < 1.29 is 19.4 Å². The van der Waals surface area contributed by atoms with Gasteiger partial charge >= 0.3 is 12.1 Å². The van der Waals surface area contributed by atoms with Gasteiger partial charge in [0.05, 0.1) is 0 Å². The summed E-state index contributed by atoms with van der Waals surface area (Å²) in [5.41, 5.74) is -1.65. The van der Waals surface area contributed by atoms with Gasteiger partial charge in [0.2, 0.25) is 0 Å². The minimum atomic E-state index is -1.48. The lowest BCUT2D eigenvalue weighted by molar-refractivity contribution is -0.145. The van der Waals surface area contributed by atoms with Crippen LogP contribution in [0.1, 0.15) is 39.7 Å². The highest BCUT2D eigenvalue weighted by Crippen LogP contribution is 2.26. The molecule has 0 spiro atoms. The van der Waals surface area contributed by atoms with E-state index in [1.54, 1.807) is 58.0 Å². The third-order valence-electron chi connectivity index (χ3n) is 2.88. The minimum Gasteiger partial charge on any atom is -0.479 e. The van der Waals surface area contributed by atoms with Crippen molar-refractivity contribution in [2.75, 3.05) is 0 Å². The third-order valence-corrected chi connectivity index (χ3v) is 2.88. The van der Waals surface area contributed by atoms with Crippen LogP contribution in [0.3, 0.4) is 0 Å². The Hall–Kier alpha value is -2.04. The lowest BCUT2D eigenvalue weighted by Crippen LogP contribution is -2.52. The monoisotopic (exact) mass is 279 g/mol. The van der Waals surface area contributed by atoms with Crippen LogP contribution in [-0.2, 0) is 15.1 Å². The Kier molecular flexibility index (Phi) is 4.76. The fraction of sp³-hybridized carbons (Fsp3) is 0.467. The Labute approximate surface area is 118 Å². The van der Waals surface area contributed by atoms with E-state index < -0.39 is 23.2 Å². The highest BCUT2D eigenvalue weighted by molar-refractivity contribution is 5.85. The van der Waals surface area contributed by atoms with Gasteiger partial charge in [0.25, 0.3) is 0 Å². The molecule has 5 heteroatoms. The van der Waals surface area contributed by atoms with Crippen molar-refractivity contribution in [3.05, 3.63) is 35.9 Å². The molecule has 0 aliphatic rings. The van der Waals surface area contributed by atoms with Crippen molar-refractivity contribution in [2.45, 2.75) is 45.3 Å². The van der Waals surface area contributed by atoms with Gasteiger partial charge in [0, 0.05) is 0 Å². The Morgan fingerprint density at radius 1 is 1.20 bits per heavy atom.